The van der Waals surface area contributed by atoms with Crippen LogP contribution in [0.2, 0.25) is 0 Å². The Kier molecular flexibility index (Phi) is 4.58. The van der Waals surface area contributed by atoms with E-state index in [-0.39, 0.29) is 6.04 Å². The van der Waals surface area contributed by atoms with Gasteiger partial charge in [-0.15, -0.1) is 0 Å². The van der Waals surface area contributed by atoms with Crippen LogP contribution < -0.4 is 10.5 Å². The third kappa shape index (κ3) is 3.46. The molecule has 21 heavy (non-hydrogen) atoms. The molecule has 1 aliphatic rings. The van der Waals surface area contributed by atoms with Crippen molar-refractivity contribution in [3.8, 4) is 5.75 Å². The van der Waals surface area contributed by atoms with Crippen LogP contribution in [0.15, 0.2) is 41.1 Å². The van der Waals surface area contributed by atoms with Crippen molar-refractivity contribution >= 4 is 11.3 Å². The van der Waals surface area contributed by atoms with E-state index in [1.807, 2.05) is 12.1 Å². The number of rotatable bonds is 7. The molecular formula is C17H22N2OS. The van der Waals surface area contributed by atoms with Gasteiger partial charge in [0.05, 0.1) is 7.11 Å². The first kappa shape index (κ1) is 14.6. The highest BCUT2D eigenvalue weighted by Crippen LogP contribution is 2.36. The highest BCUT2D eigenvalue weighted by molar-refractivity contribution is 7.07. The number of benzene rings is 1. The monoisotopic (exact) mass is 302 g/mol. The molecule has 1 aliphatic carbocycles. The van der Waals surface area contributed by atoms with Gasteiger partial charge in [0.15, 0.2) is 0 Å². The predicted molar refractivity (Wildman–Crippen MR) is 87.7 cm³/mol. The van der Waals surface area contributed by atoms with E-state index >= 15 is 0 Å². The number of ether oxygens (including phenoxy) is 1. The maximum atomic E-state index is 6.11. The molecule has 1 aromatic carbocycles. The molecule has 1 unspecified atom stereocenters. The van der Waals surface area contributed by atoms with Gasteiger partial charge in [0.1, 0.15) is 5.75 Å². The van der Waals surface area contributed by atoms with Crippen molar-refractivity contribution < 1.29 is 4.74 Å². The Morgan fingerprint density at radius 2 is 2.24 bits per heavy atom. The summed E-state index contributed by atoms with van der Waals surface area (Å²) >= 11 is 1.76. The fraction of sp³-hybridized carbons (Fsp3) is 0.412. The normalized spacial score (nSPS) is 16.1. The van der Waals surface area contributed by atoms with Gasteiger partial charge in [0.25, 0.3) is 0 Å². The zero-order valence-electron chi connectivity index (χ0n) is 12.4. The van der Waals surface area contributed by atoms with E-state index in [9.17, 15) is 0 Å². The molecule has 0 amide bonds. The minimum absolute atomic E-state index is 0.257. The van der Waals surface area contributed by atoms with Crippen LogP contribution in [-0.4, -0.2) is 24.6 Å². The van der Waals surface area contributed by atoms with E-state index in [1.165, 1.54) is 24.0 Å². The van der Waals surface area contributed by atoms with Crippen LogP contribution in [0, 0.1) is 0 Å². The van der Waals surface area contributed by atoms with Crippen molar-refractivity contribution in [2.45, 2.75) is 31.5 Å². The highest BCUT2D eigenvalue weighted by atomic mass is 32.1. The second kappa shape index (κ2) is 6.60. The first-order valence-corrected chi connectivity index (χ1v) is 8.37. The quantitative estimate of drug-likeness (QED) is 0.851. The van der Waals surface area contributed by atoms with Crippen molar-refractivity contribution in [3.63, 3.8) is 0 Å². The fourth-order valence-electron chi connectivity index (χ4n) is 2.81. The first-order chi connectivity index (χ1) is 10.3. The number of nitrogens with two attached hydrogens (primary N) is 1. The lowest BCUT2D eigenvalue weighted by Crippen LogP contribution is -2.35. The van der Waals surface area contributed by atoms with Crippen LogP contribution in [0.1, 0.15) is 30.0 Å². The fourth-order valence-corrected chi connectivity index (χ4v) is 3.46. The smallest absolute Gasteiger partial charge is 0.119 e. The van der Waals surface area contributed by atoms with Gasteiger partial charge in [-0.2, -0.15) is 11.3 Å². The predicted octanol–water partition coefficient (Wildman–Crippen LogP) is 3.42. The summed E-state index contributed by atoms with van der Waals surface area (Å²) in [6.45, 7) is 1.61. The molecule has 4 heteroatoms. The average Bonchev–Trinajstić information content (AvgIpc) is 3.24. The Labute approximate surface area is 130 Å². The Balaban J connectivity index is 1.84. The second-order valence-electron chi connectivity index (χ2n) is 5.56. The Bertz CT molecular complexity index is 566. The molecule has 0 radical (unpaired) electrons. The molecule has 0 spiro atoms. The van der Waals surface area contributed by atoms with Crippen LogP contribution in [0.4, 0.5) is 0 Å². The number of hydrogen-bond acceptors (Lipinski definition) is 4. The zero-order valence-corrected chi connectivity index (χ0v) is 13.2. The standard InChI is InChI=1S/C17H22N2OS/c1-20-16-4-2-3-14(9-16)17(10-18)19(15-5-6-15)11-13-7-8-21-12-13/h2-4,7-9,12,15,17H,5-6,10-11,18H2,1H3. The first-order valence-electron chi connectivity index (χ1n) is 7.42. The molecule has 112 valence electrons. The molecule has 1 fully saturated rings. The largest absolute Gasteiger partial charge is 0.497 e. The van der Waals surface area contributed by atoms with E-state index in [4.69, 9.17) is 10.5 Å². The van der Waals surface area contributed by atoms with Crippen LogP contribution in [0.3, 0.4) is 0 Å². The molecule has 3 rings (SSSR count). The molecule has 3 nitrogen and oxygen atoms in total. The van der Waals surface area contributed by atoms with Crippen LogP contribution >= 0.6 is 11.3 Å². The van der Waals surface area contributed by atoms with Gasteiger partial charge in [0.2, 0.25) is 0 Å². The maximum Gasteiger partial charge on any atom is 0.119 e. The average molecular weight is 302 g/mol. The van der Waals surface area contributed by atoms with Crippen molar-refractivity contribution in [2.24, 2.45) is 5.73 Å². The van der Waals surface area contributed by atoms with Gasteiger partial charge in [-0.05, 0) is 52.9 Å². The second-order valence-corrected chi connectivity index (χ2v) is 6.34. The molecular weight excluding hydrogens is 280 g/mol. The summed E-state index contributed by atoms with van der Waals surface area (Å²) in [4.78, 5) is 2.55. The zero-order chi connectivity index (χ0) is 14.7. The maximum absolute atomic E-state index is 6.11. The minimum atomic E-state index is 0.257. The molecule has 0 saturated heterocycles. The van der Waals surface area contributed by atoms with E-state index in [1.54, 1.807) is 18.4 Å². The lowest BCUT2D eigenvalue weighted by Gasteiger charge is -2.31. The molecule has 0 bridgehead atoms. The molecule has 2 N–H and O–H groups in total. The highest BCUT2D eigenvalue weighted by Gasteiger charge is 2.34. The van der Waals surface area contributed by atoms with E-state index < -0.39 is 0 Å². The third-order valence-electron chi connectivity index (χ3n) is 4.06. The molecule has 1 heterocycles. The summed E-state index contributed by atoms with van der Waals surface area (Å²) < 4.78 is 5.35. The van der Waals surface area contributed by atoms with Gasteiger partial charge in [-0.25, -0.2) is 0 Å². The summed E-state index contributed by atoms with van der Waals surface area (Å²) in [5.74, 6) is 0.900. The molecule has 1 atom stereocenters. The van der Waals surface area contributed by atoms with Crippen molar-refractivity contribution in [3.05, 3.63) is 52.2 Å². The number of thiophene rings is 1. The lowest BCUT2D eigenvalue weighted by atomic mass is 10.0. The minimum Gasteiger partial charge on any atom is -0.497 e. The van der Waals surface area contributed by atoms with Crippen LogP contribution in [-0.2, 0) is 6.54 Å². The summed E-state index contributed by atoms with van der Waals surface area (Å²) in [6.07, 6.45) is 2.56. The third-order valence-corrected chi connectivity index (χ3v) is 4.80. The lowest BCUT2D eigenvalue weighted by molar-refractivity contribution is 0.182. The number of methoxy groups -OCH3 is 1. The Hall–Kier alpha value is -1.36. The van der Waals surface area contributed by atoms with Gasteiger partial charge in [0, 0.05) is 25.2 Å². The van der Waals surface area contributed by atoms with E-state index in [0.29, 0.717) is 12.6 Å². The molecule has 1 aromatic heterocycles. The Morgan fingerprint density at radius 1 is 1.38 bits per heavy atom. The van der Waals surface area contributed by atoms with Gasteiger partial charge < -0.3 is 10.5 Å². The topological polar surface area (TPSA) is 38.5 Å². The van der Waals surface area contributed by atoms with Crippen LogP contribution in [0.25, 0.3) is 0 Å². The number of hydrogen-bond donors (Lipinski definition) is 1. The summed E-state index contributed by atoms with van der Waals surface area (Å²) in [5.41, 5.74) is 8.74. The summed E-state index contributed by atoms with van der Waals surface area (Å²) in [7, 11) is 1.71. The van der Waals surface area contributed by atoms with Crippen molar-refractivity contribution in [1.82, 2.24) is 4.90 Å². The summed E-state index contributed by atoms with van der Waals surface area (Å²) in [5, 5.41) is 4.37. The Morgan fingerprint density at radius 3 is 2.86 bits per heavy atom. The molecule has 2 aromatic rings. The SMILES string of the molecule is COc1cccc(C(CN)N(Cc2ccsc2)C2CC2)c1. The molecule has 1 saturated carbocycles. The van der Waals surface area contributed by atoms with E-state index in [2.05, 4.69) is 33.9 Å². The van der Waals surface area contributed by atoms with Crippen molar-refractivity contribution in [2.75, 3.05) is 13.7 Å². The van der Waals surface area contributed by atoms with Gasteiger partial charge in [-0.1, -0.05) is 12.1 Å². The summed E-state index contributed by atoms with van der Waals surface area (Å²) in [6, 6.07) is 11.4. The van der Waals surface area contributed by atoms with E-state index in [0.717, 1.165) is 12.3 Å². The van der Waals surface area contributed by atoms with Gasteiger partial charge in [-0.3, -0.25) is 4.90 Å². The van der Waals surface area contributed by atoms with Crippen molar-refractivity contribution in [1.29, 1.82) is 0 Å². The van der Waals surface area contributed by atoms with Gasteiger partial charge >= 0.3 is 0 Å². The van der Waals surface area contributed by atoms with Crippen LogP contribution in [0.5, 0.6) is 5.75 Å². The molecule has 0 aliphatic heterocycles. The number of nitrogens with zero attached hydrogens (tertiary/aromatic N) is 1.